The average Bonchev–Trinajstić information content (AvgIpc) is 3.36. The van der Waals surface area contributed by atoms with Gasteiger partial charge in [-0.1, -0.05) is 135 Å². The van der Waals surface area contributed by atoms with E-state index in [0.717, 1.165) is 125 Å². The molecule has 0 bridgehead atoms. The first-order valence-corrected chi connectivity index (χ1v) is 22.9. The minimum absolute atomic E-state index is 0.641. The lowest BCUT2D eigenvalue weighted by atomic mass is 9.92. The van der Waals surface area contributed by atoms with E-state index >= 15 is 0 Å². The zero-order chi connectivity index (χ0) is 45.6. The van der Waals surface area contributed by atoms with Crippen molar-refractivity contribution in [3.63, 3.8) is 0 Å². The first-order valence-electron chi connectivity index (χ1n) is 22.9. The fourth-order valence-corrected chi connectivity index (χ4v) is 8.76. The topological polar surface area (TPSA) is 50.5 Å². The van der Waals surface area contributed by atoms with E-state index in [9.17, 15) is 0 Å². The van der Waals surface area contributed by atoms with Gasteiger partial charge in [0, 0.05) is 40.2 Å². The summed E-state index contributed by atoms with van der Waals surface area (Å²) in [4.78, 5) is 20.4. The maximum absolute atomic E-state index is 5.32. The lowest BCUT2D eigenvalue weighted by Gasteiger charge is -2.17. The smallest absolute Gasteiger partial charge is 0.0913 e. The van der Waals surface area contributed by atoms with Gasteiger partial charge in [-0.3, -0.25) is 9.98 Å². The van der Waals surface area contributed by atoms with Crippen LogP contribution < -0.4 is 10.4 Å². The predicted octanol–water partition coefficient (Wildman–Crippen LogP) is 14.5. The molecule has 0 N–H and O–H groups in total. The summed E-state index contributed by atoms with van der Waals surface area (Å²) in [5.74, 6) is 0. The van der Waals surface area contributed by atoms with Gasteiger partial charge in [0.15, 0.2) is 0 Å². The zero-order valence-electron chi connectivity index (χ0n) is 38.2. The van der Waals surface area contributed by atoms with Crippen LogP contribution in [0.3, 0.4) is 0 Å². The highest BCUT2D eigenvalue weighted by atomic mass is 14.9. The Morgan fingerprint density at radius 2 is 1.39 bits per heavy atom. The number of aromatic nitrogens is 2. The Bertz CT molecular complexity index is 3400. The number of hydrogen-bond acceptors (Lipinski definition) is 4. The summed E-state index contributed by atoms with van der Waals surface area (Å²) in [6.45, 7) is 19.0. The van der Waals surface area contributed by atoms with Crippen LogP contribution in [0.2, 0.25) is 0 Å². The van der Waals surface area contributed by atoms with Crippen LogP contribution in [-0.2, 0) is 6.42 Å². The highest BCUT2D eigenvalue weighted by molar-refractivity contribution is 6.30. The van der Waals surface area contributed by atoms with E-state index < -0.39 is 0 Å². The summed E-state index contributed by atoms with van der Waals surface area (Å²) in [7, 11) is 0. The van der Waals surface area contributed by atoms with Crippen LogP contribution in [0.1, 0.15) is 57.7 Å². The van der Waals surface area contributed by atoms with Crippen LogP contribution in [0.15, 0.2) is 221 Å². The molecule has 1 aliphatic heterocycles. The van der Waals surface area contributed by atoms with Gasteiger partial charge in [-0.05, 0) is 162 Å². The highest BCUT2D eigenvalue weighted by Crippen LogP contribution is 2.34. The molecule has 3 heterocycles. The Kier molecular flexibility index (Phi) is 12.8. The van der Waals surface area contributed by atoms with Gasteiger partial charge in [-0.2, -0.15) is 0 Å². The third-order valence-corrected chi connectivity index (χ3v) is 12.2. The largest absolute Gasteiger partial charge is 0.259 e. The normalized spacial score (nSPS) is 14.5. The lowest BCUT2D eigenvalue weighted by Crippen LogP contribution is -2.27. The lowest BCUT2D eigenvalue weighted by molar-refractivity contribution is 0.981. The summed E-state index contributed by atoms with van der Waals surface area (Å²) in [6, 6.07) is 47.4. The highest BCUT2D eigenvalue weighted by Gasteiger charge is 2.17. The van der Waals surface area contributed by atoms with Crippen LogP contribution in [0.4, 0.5) is 0 Å². The van der Waals surface area contributed by atoms with Gasteiger partial charge in [0.1, 0.15) is 0 Å². The Morgan fingerprint density at radius 3 is 2.11 bits per heavy atom. The molecule has 322 valence electrons. The molecule has 4 nitrogen and oxygen atoms in total. The van der Waals surface area contributed by atoms with Crippen molar-refractivity contribution < 1.29 is 0 Å². The number of benzene rings is 5. The predicted molar refractivity (Wildman–Crippen MR) is 283 cm³/mol. The van der Waals surface area contributed by atoms with Crippen LogP contribution in [-0.4, -0.2) is 21.9 Å². The van der Waals surface area contributed by atoms with Gasteiger partial charge in [-0.25, -0.2) is 9.98 Å². The molecule has 2 aliphatic rings. The van der Waals surface area contributed by atoms with Crippen molar-refractivity contribution in [2.75, 3.05) is 0 Å². The van der Waals surface area contributed by atoms with E-state index in [0.29, 0.717) is 6.42 Å². The van der Waals surface area contributed by atoms with Crippen LogP contribution >= 0.6 is 0 Å². The number of allylic oxidation sites excluding steroid dienone is 10. The van der Waals surface area contributed by atoms with Crippen molar-refractivity contribution in [3.05, 3.63) is 233 Å². The summed E-state index contributed by atoms with van der Waals surface area (Å²) < 4.78 is 0. The molecule has 0 spiro atoms. The van der Waals surface area contributed by atoms with E-state index in [4.69, 9.17) is 20.0 Å². The molecule has 9 rings (SSSR count). The number of rotatable bonds is 12. The molecule has 2 aromatic heterocycles. The summed E-state index contributed by atoms with van der Waals surface area (Å²) in [5.41, 5.74) is 18.6. The fourth-order valence-electron chi connectivity index (χ4n) is 8.76. The Labute approximate surface area is 389 Å². The summed E-state index contributed by atoms with van der Waals surface area (Å²) in [5, 5.41) is 4.12. The Balaban J connectivity index is 0.982. The maximum atomic E-state index is 5.32. The van der Waals surface area contributed by atoms with E-state index in [1.165, 1.54) is 22.3 Å². The quantitative estimate of drug-likeness (QED) is 0.115. The molecule has 0 atom stereocenters. The van der Waals surface area contributed by atoms with Crippen molar-refractivity contribution in [1.29, 1.82) is 0 Å². The minimum atomic E-state index is 0.641. The molecule has 5 aromatic carbocycles. The monoisotopic (exact) mass is 854 g/mol. The molecule has 66 heavy (non-hydrogen) atoms. The Morgan fingerprint density at radius 1 is 0.682 bits per heavy atom. The molecule has 0 amide bonds. The van der Waals surface area contributed by atoms with Crippen LogP contribution in [0, 0.1) is 0 Å². The number of aliphatic imine (C=N–C) groups is 2. The zero-order valence-corrected chi connectivity index (χ0v) is 38.2. The second-order valence-electron chi connectivity index (χ2n) is 17.3. The average molecular weight is 855 g/mol. The molecule has 1 aliphatic carbocycles. The van der Waals surface area contributed by atoms with E-state index in [1.54, 1.807) is 0 Å². The molecule has 0 fully saturated rings. The van der Waals surface area contributed by atoms with Crippen molar-refractivity contribution in [2.45, 2.75) is 52.9 Å². The minimum Gasteiger partial charge on any atom is -0.259 e. The Hall–Kier alpha value is -7.82. The van der Waals surface area contributed by atoms with Crippen molar-refractivity contribution in [2.24, 2.45) is 9.98 Å². The third kappa shape index (κ3) is 9.50. The van der Waals surface area contributed by atoms with Crippen molar-refractivity contribution in [1.82, 2.24) is 9.97 Å². The summed E-state index contributed by atoms with van der Waals surface area (Å²) >= 11 is 0. The van der Waals surface area contributed by atoms with Crippen LogP contribution in [0.5, 0.6) is 0 Å². The van der Waals surface area contributed by atoms with E-state index in [2.05, 4.69) is 179 Å². The molecular formula is C62H54N4. The first-order chi connectivity index (χ1) is 32.2. The molecule has 0 radical (unpaired) electrons. The molecule has 0 saturated heterocycles. The van der Waals surface area contributed by atoms with Gasteiger partial charge < -0.3 is 0 Å². The van der Waals surface area contributed by atoms with Crippen molar-refractivity contribution in [3.8, 4) is 33.5 Å². The second-order valence-corrected chi connectivity index (χ2v) is 17.3. The van der Waals surface area contributed by atoms with E-state index in [-0.39, 0.29) is 0 Å². The number of hydrogen-bond donors (Lipinski definition) is 0. The molecule has 0 unspecified atom stereocenters. The van der Waals surface area contributed by atoms with Gasteiger partial charge in [0.25, 0.3) is 0 Å². The maximum Gasteiger partial charge on any atom is 0.0913 e. The fraction of sp³-hybridized carbons (Fsp3) is 0.129. The standard InChI is InChI=1S/C62H54N4/c1-7-44-23-17-35-63-62(44)61(42(4)5)66-60(41(2)3)56(55-25-15-14-18-43(55)6)26-16-24-54-31-27-49-36-47(28-32-57(49)64-54)48-29-33-58-50(37-48)30-34-59(65-58)53-39-51(45-19-10-8-11-20-45)38-52(40-53)46-21-12-9-13-22-46/h7-8,10-12,14-16,18-22,25-40H,1-2,6,9,13,17,23-24H2,3-5H3/b26-16-,56-55+,66-60?. The molecule has 7 aromatic rings. The second kappa shape index (κ2) is 19.5. The van der Waals surface area contributed by atoms with Gasteiger partial charge in [0.2, 0.25) is 0 Å². The van der Waals surface area contributed by atoms with Gasteiger partial charge in [0.05, 0.1) is 33.8 Å². The van der Waals surface area contributed by atoms with E-state index in [1.807, 2.05) is 37.4 Å². The molecule has 0 saturated carbocycles. The molecule has 4 heteroatoms. The molecular weight excluding hydrogens is 801 g/mol. The first kappa shape index (κ1) is 43.4. The number of pyridine rings is 2. The van der Waals surface area contributed by atoms with Crippen molar-refractivity contribution >= 4 is 51.5 Å². The van der Waals surface area contributed by atoms with Crippen LogP contribution in [0.25, 0.3) is 73.0 Å². The van der Waals surface area contributed by atoms with Gasteiger partial charge >= 0.3 is 0 Å². The number of fused-ring (bicyclic) bond motifs is 2. The third-order valence-electron chi connectivity index (χ3n) is 12.2. The summed E-state index contributed by atoms with van der Waals surface area (Å²) in [6.07, 6.45) is 19.6. The SMILES string of the molecule is C=CC1=C(C(N=C(C(=C)C)C(/C=C\Cc2ccc3cc(-c4ccc5nc(-c6cc(C7=CCCC=C7)cc(-c7ccccc7)c6)ccc5c4)ccc3n2)=c2\ccccc2=C)=C(C)C)N=CCC1. The number of nitrogens with zero attached hydrogens (tertiary/aromatic N) is 4. The van der Waals surface area contributed by atoms with Gasteiger partial charge in [-0.15, -0.1) is 0 Å².